The second-order valence-corrected chi connectivity index (χ2v) is 5.62. The van der Waals surface area contributed by atoms with Crippen molar-refractivity contribution in [2.24, 2.45) is 0 Å². The SMILES string of the molecule is CCC(Cl)C(C)c1ccc2scnc2c1[N+](=O)[O-]. The number of benzene rings is 1. The summed E-state index contributed by atoms with van der Waals surface area (Å²) in [6.07, 6.45) is 0.773. The molecule has 2 rings (SSSR count). The Morgan fingerprint density at radius 1 is 1.56 bits per heavy atom. The van der Waals surface area contributed by atoms with E-state index in [-0.39, 0.29) is 21.9 Å². The van der Waals surface area contributed by atoms with Crippen LogP contribution in [0.1, 0.15) is 31.7 Å². The third-order valence-electron chi connectivity index (χ3n) is 3.11. The summed E-state index contributed by atoms with van der Waals surface area (Å²) in [5.74, 6) is -0.0665. The number of halogens is 1. The van der Waals surface area contributed by atoms with Crippen LogP contribution in [0, 0.1) is 10.1 Å². The highest BCUT2D eigenvalue weighted by atomic mass is 35.5. The maximum absolute atomic E-state index is 11.3. The van der Waals surface area contributed by atoms with Gasteiger partial charge in [-0.25, -0.2) is 4.98 Å². The first kappa shape index (κ1) is 13.2. The lowest BCUT2D eigenvalue weighted by Crippen LogP contribution is -2.10. The first-order chi connectivity index (χ1) is 8.56. The molecule has 1 heterocycles. The van der Waals surface area contributed by atoms with Gasteiger partial charge in [-0.05, 0) is 12.5 Å². The van der Waals surface area contributed by atoms with Crippen LogP contribution >= 0.6 is 22.9 Å². The zero-order valence-electron chi connectivity index (χ0n) is 10.1. The number of nitrogens with zero attached hydrogens (tertiary/aromatic N) is 2. The van der Waals surface area contributed by atoms with E-state index < -0.39 is 0 Å². The van der Waals surface area contributed by atoms with Crippen LogP contribution in [0.5, 0.6) is 0 Å². The standard InChI is InChI=1S/C12H13ClN2O2S/c1-3-9(13)7(2)8-4-5-10-11(14-6-18-10)12(8)15(16)17/h4-7,9H,3H2,1-2H3. The highest BCUT2D eigenvalue weighted by Gasteiger charge is 2.27. The van der Waals surface area contributed by atoms with E-state index >= 15 is 0 Å². The summed E-state index contributed by atoms with van der Waals surface area (Å²) in [6.45, 7) is 3.89. The number of aromatic nitrogens is 1. The largest absolute Gasteiger partial charge is 0.299 e. The van der Waals surface area contributed by atoms with E-state index in [1.54, 1.807) is 11.6 Å². The Labute approximate surface area is 114 Å². The monoisotopic (exact) mass is 284 g/mol. The van der Waals surface area contributed by atoms with Gasteiger partial charge in [-0.15, -0.1) is 22.9 Å². The minimum Gasteiger partial charge on any atom is -0.258 e. The average Bonchev–Trinajstić information content (AvgIpc) is 2.83. The molecule has 0 saturated carbocycles. The number of alkyl halides is 1. The van der Waals surface area contributed by atoms with Crippen molar-refractivity contribution in [3.63, 3.8) is 0 Å². The van der Waals surface area contributed by atoms with E-state index in [1.165, 1.54) is 11.3 Å². The number of nitro benzene ring substituents is 1. The van der Waals surface area contributed by atoms with Crippen molar-refractivity contribution in [1.82, 2.24) is 4.98 Å². The topological polar surface area (TPSA) is 56.0 Å². The van der Waals surface area contributed by atoms with Gasteiger partial charge in [-0.1, -0.05) is 19.9 Å². The molecule has 18 heavy (non-hydrogen) atoms. The molecule has 0 spiro atoms. The van der Waals surface area contributed by atoms with Crippen LogP contribution in [0.4, 0.5) is 5.69 Å². The molecule has 0 fully saturated rings. The molecule has 2 unspecified atom stereocenters. The molecule has 0 aliphatic heterocycles. The van der Waals surface area contributed by atoms with Gasteiger partial charge in [-0.2, -0.15) is 0 Å². The third-order valence-corrected chi connectivity index (χ3v) is 4.59. The van der Waals surface area contributed by atoms with Crippen LogP contribution in [0.15, 0.2) is 17.6 Å². The summed E-state index contributed by atoms with van der Waals surface area (Å²) >= 11 is 7.62. The van der Waals surface area contributed by atoms with Gasteiger partial charge < -0.3 is 0 Å². The number of nitro groups is 1. The lowest BCUT2D eigenvalue weighted by atomic mass is 9.94. The lowest BCUT2D eigenvalue weighted by Gasteiger charge is -2.16. The van der Waals surface area contributed by atoms with Crippen LogP contribution in [0.3, 0.4) is 0 Å². The molecule has 0 amide bonds. The van der Waals surface area contributed by atoms with E-state index in [1.807, 2.05) is 19.9 Å². The second kappa shape index (κ2) is 5.20. The predicted molar refractivity (Wildman–Crippen MR) is 74.6 cm³/mol. The maximum atomic E-state index is 11.3. The Kier molecular flexibility index (Phi) is 3.82. The summed E-state index contributed by atoms with van der Waals surface area (Å²) in [5, 5.41) is 11.2. The molecule has 2 aromatic rings. The Morgan fingerprint density at radius 2 is 2.28 bits per heavy atom. The minimum absolute atomic E-state index is 0.0665. The first-order valence-corrected chi connectivity index (χ1v) is 7.02. The molecule has 0 aliphatic rings. The van der Waals surface area contributed by atoms with E-state index in [2.05, 4.69) is 4.98 Å². The number of fused-ring (bicyclic) bond motifs is 1. The number of rotatable bonds is 4. The fraction of sp³-hybridized carbons (Fsp3) is 0.417. The fourth-order valence-electron chi connectivity index (χ4n) is 2.04. The zero-order valence-corrected chi connectivity index (χ0v) is 11.7. The van der Waals surface area contributed by atoms with Gasteiger partial charge in [0.05, 0.1) is 15.1 Å². The summed E-state index contributed by atoms with van der Waals surface area (Å²) in [6, 6.07) is 3.68. The van der Waals surface area contributed by atoms with Gasteiger partial charge >= 0.3 is 0 Å². The summed E-state index contributed by atoms with van der Waals surface area (Å²) in [7, 11) is 0. The molecule has 0 aliphatic carbocycles. The Morgan fingerprint density at radius 3 is 2.89 bits per heavy atom. The molecule has 96 valence electrons. The van der Waals surface area contributed by atoms with E-state index in [0.717, 1.165) is 11.1 Å². The molecule has 1 aromatic heterocycles. The van der Waals surface area contributed by atoms with Crippen LogP contribution in [0.25, 0.3) is 10.2 Å². The number of hydrogen-bond donors (Lipinski definition) is 0. The smallest absolute Gasteiger partial charge is 0.258 e. The molecule has 4 nitrogen and oxygen atoms in total. The highest BCUT2D eigenvalue weighted by Crippen LogP contribution is 2.37. The average molecular weight is 285 g/mol. The van der Waals surface area contributed by atoms with E-state index in [4.69, 9.17) is 11.6 Å². The minimum atomic E-state index is -0.354. The third kappa shape index (κ3) is 2.20. The maximum Gasteiger partial charge on any atom is 0.299 e. The van der Waals surface area contributed by atoms with E-state index in [9.17, 15) is 10.1 Å². The van der Waals surface area contributed by atoms with Crippen molar-refractivity contribution in [2.45, 2.75) is 31.6 Å². The summed E-state index contributed by atoms with van der Waals surface area (Å²) in [4.78, 5) is 15.0. The van der Waals surface area contributed by atoms with Gasteiger partial charge in [0.2, 0.25) is 0 Å². The molecule has 6 heteroatoms. The van der Waals surface area contributed by atoms with Gasteiger partial charge in [0, 0.05) is 16.9 Å². The Hall–Kier alpha value is -1.20. The summed E-state index contributed by atoms with van der Waals surface area (Å²) < 4.78 is 0.834. The molecule has 0 N–H and O–H groups in total. The molecule has 0 saturated heterocycles. The van der Waals surface area contributed by atoms with Crippen molar-refractivity contribution in [2.75, 3.05) is 0 Å². The molecule has 2 atom stereocenters. The molecule has 0 bridgehead atoms. The van der Waals surface area contributed by atoms with Crippen LogP contribution in [-0.4, -0.2) is 15.3 Å². The molecule has 0 radical (unpaired) electrons. The lowest BCUT2D eigenvalue weighted by molar-refractivity contribution is -0.384. The van der Waals surface area contributed by atoms with E-state index in [0.29, 0.717) is 11.1 Å². The first-order valence-electron chi connectivity index (χ1n) is 5.70. The van der Waals surface area contributed by atoms with Crippen LogP contribution < -0.4 is 0 Å². The Bertz CT molecular complexity index is 584. The van der Waals surface area contributed by atoms with Gasteiger partial charge in [0.25, 0.3) is 5.69 Å². The number of thiazole rings is 1. The normalized spacial score (nSPS) is 14.6. The van der Waals surface area contributed by atoms with Crippen molar-refractivity contribution in [1.29, 1.82) is 0 Å². The van der Waals surface area contributed by atoms with Crippen LogP contribution in [-0.2, 0) is 0 Å². The predicted octanol–water partition coefficient (Wildman–Crippen LogP) is 4.33. The fourth-order valence-corrected chi connectivity index (χ4v) is 2.86. The second-order valence-electron chi connectivity index (χ2n) is 4.17. The molecule has 1 aromatic carbocycles. The summed E-state index contributed by atoms with van der Waals surface area (Å²) in [5.41, 5.74) is 2.86. The van der Waals surface area contributed by atoms with Gasteiger partial charge in [0.1, 0.15) is 0 Å². The number of hydrogen-bond acceptors (Lipinski definition) is 4. The zero-order chi connectivity index (χ0) is 13.3. The molecular formula is C12H13ClN2O2S. The van der Waals surface area contributed by atoms with Crippen LogP contribution in [0.2, 0.25) is 0 Å². The van der Waals surface area contributed by atoms with Crippen molar-refractivity contribution in [3.05, 3.63) is 33.3 Å². The quantitative estimate of drug-likeness (QED) is 0.477. The Balaban J connectivity index is 2.62. The van der Waals surface area contributed by atoms with Crippen molar-refractivity contribution < 1.29 is 4.92 Å². The van der Waals surface area contributed by atoms with Gasteiger partial charge in [-0.3, -0.25) is 10.1 Å². The molecular weight excluding hydrogens is 272 g/mol. The van der Waals surface area contributed by atoms with Gasteiger partial charge in [0.15, 0.2) is 5.52 Å². The van der Waals surface area contributed by atoms with Crippen molar-refractivity contribution >= 4 is 38.8 Å². The van der Waals surface area contributed by atoms with Crippen molar-refractivity contribution in [3.8, 4) is 0 Å². The highest BCUT2D eigenvalue weighted by molar-refractivity contribution is 7.16.